The lowest BCUT2D eigenvalue weighted by atomic mass is 9.94. The number of hydrogen-bond donors (Lipinski definition) is 0. The first kappa shape index (κ1) is 25.7. The summed E-state index contributed by atoms with van der Waals surface area (Å²) < 4.78 is 5.64. The van der Waals surface area contributed by atoms with Crippen molar-refractivity contribution in [3.8, 4) is 5.75 Å². The largest absolute Gasteiger partial charge is 0.493 e. The summed E-state index contributed by atoms with van der Waals surface area (Å²) >= 11 is 0. The number of benzene rings is 2. The van der Waals surface area contributed by atoms with Crippen molar-refractivity contribution in [3.63, 3.8) is 0 Å². The minimum Gasteiger partial charge on any atom is -0.493 e. The second-order valence-electron chi connectivity index (χ2n) is 9.61. The van der Waals surface area contributed by atoms with Crippen molar-refractivity contribution in [2.75, 3.05) is 45.9 Å². The fraction of sp³-hybridized carbons (Fsp3) is 0.483. The molecule has 4 rings (SSSR count). The van der Waals surface area contributed by atoms with Crippen LogP contribution < -0.4 is 4.74 Å². The van der Waals surface area contributed by atoms with Crippen LogP contribution in [0.15, 0.2) is 60.7 Å². The number of nitrogens with zero attached hydrogens (tertiary/aromatic N) is 3. The third kappa shape index (κ3) is 7.33. The number of rotatable bonds is 9. The van der Waals surface area contributed by atoms with Crippen LogP contribution in [0.4, 0.5) is 0 Å². The Kier molecular flexibility index (Phi) is 9.36. The Morgan fingerprint density at radius 1 is 0.694 bits per heavy atom. The monoisotopic (exact) mass is 491 g/mol. The molecule has 0 aliphatic carbocycles. The zero-order valence-corrected chi connectivity index (χ0v) is 21.0. The third-order valence-corrected chi connectivity index (χ3v) is 7.17. The third-order valence-electron chi connectivity index (χ3n) is 7.17. The molecule has 0 unspecified atom stereocenters. The number of carbonyl (C=O) groups excluding carboxylic acids is 3. The van der Waals surface area contributed by atoms with Crippen molar-refractivity contribution >= 4 is 17.7 Å². The second-order valence-corrected chi connectivity index (χ2v) is 9.61. The number of carbonyl (C=O) groups is 3. The highest BCUT2D eigenvalue weighted by Gasteiger charge is 2.32. The minimum absolute atomic E-state index is 0.0391. The molecule has 0 saturated carbocycles. The van der Waals surface area contributed by atoms with Crippen LogP contribution in [0.25, 0.3) is 0 Å². The fourth-order valence-electron chi connectivity index (χ4n) is 4.99. The number of piperazine rings is 1. The SMILES string of the molecule is O=C(CCOc1ccccc1)N1CCC(C(=O)N2CCN(C(=O)CCCc3ccccc3)CC2)CC1. The standard InChI is InChI=1S/C29H37N3O4/c33-27(13-7-10-24-8-3-1-4-9-24)31-19-21-32(22-20-31)29(35)25-14-17-30(18-15-25)28(34)16-23-36-26-11-5-2-6-12-26/h1-6,8-9,11-12,25H,7,10,13-23H2. The van der Waals surface area contributed by atoms with Crippen LogP contribution in [0.3, 0.4) is 0 Å². The van der Waals surface area contributed by atoms with E-state index in [4.69, 9.17) is 4.74 Å². The highest BCUT2D eigenvalue weighted by atomic mass is 16.5. The first-order chi connectivity index (χ1) is 17.6. The summed E-state index contributed by atoms with van der Waals surface area (Å²) in [4.78, 5) is 43.9. The van der Waals surface area contributed by atoms with E-state index in [9.17, 15) is 14.4 Å². The fourth-order valence-corrected chi connectivity index (χ4v) is 4.99. The Morgan fingerprint density at radius 2 is 1.25 bits per heavy atom. The van der Waals surface area contributed by atoms with Crippen LogP contribution in [0.2, 0.25) is 0 Å². The molecule has 2 aliphatic rings. The average Bonchev–Trinajstić information content (AvgIpc) is 2.94. The van der Waals surface area contributed by atoms with E-state index in [1.54, 1.807) is 0 Å². The van der Waals surface area contributed by atoms with Gasteiger partial charge in [-0.3, -0.25) is 14.4 Å². The normalized spacial score (nSPS) is 16.6. The van der Waals surface area contributed by atoms with Crippen LogP contribution in [0, 0.1) is 5.92 Å². The molecule has 7 nitrogen and oxygen atoms in total. The summed E-state index contributed by atoms with van der Waals surface area (Å²) in [6.45, 7) is 3.99. The summed E-state index contributed by atoms with van der Waals surface area (Å²) in [5.74, 6) is 1.16. The Hall–Kier alpha value is -3.35. The number of hydrogen-bond acceptors (Lipinski definition) is 4. The zero-order chi connectivity index (χ0) is 25.2. The molecule has 0 bridgehead atoms. The number of ether oxygens (including phenoxy) is 1. The van der Waals surface area contributed by atoms with Crippen LogP contribution in [-0.4, -0.2) is 78.3 Å². The van der Waals surface area contributed by atoms with Gasteiger partial charge in [-0.15, -0.1) is 0 Å². The number of piperidine rings is 1. The number of amides is 3. The maximum Gasteiger partial charge on any atom is 0.225 e. The van der Waals surface area contributed by atoms with Gasteiger partial charge < -0.3 is 19.4 Å². The molecule has 0 N–H and O–H groups in total. The van der Waals surface area contributed by atoms with Crippen LogP contribution in [-0.2, 0) is 20.8 Å². The first-order valence-corrected chi connectivity index (χ1v) is 13.2. The average molecular weight is 492 g/mol. The zero-order valence-electron chi connectivity index (χ0n) is 21.0. The van der Waals surface area contributed by atoms with Crippen LogP contribution in [0.5, 0.6) is 5.75 Å². The molecule has 2 saturated heterocycles. The Balaban J connectivity index is 1.11. The van der Waals surface area contributed by atoms with Gasteiger partial charge >= 0.3 is 0 Å². The van der Waals surface area contributed by atoms with Gasteiger partial charge in [-0.25, -0.2) is 0 Å². The lowest BCUT2D eigenvalue weighted by Gasteiger charge is -2.38. The van der Waals surface area contributed by atoms with Crippen LogP contribution in [0.1, 0.15) is 37.7 Å². The molecular weight excluding hydrogens is 454 g/mol. The Labute approximate surface area is 214 Å². The molecule has 0 spiro atoms. The molecule has 2 aliphatic heterocycles. The smallest absolute Gasteiger partial charge is 0.225 e. The molecule has 2 aromatic rings. The van der Waals surface area contributed by atoms with Crippen LogP contribution >= 0.6 is 0 Å². The minimum atomic E-state index is -0.0391. The van der Waals surface area contributed by atoms with E-state index in [0.29, 0.717) is 71.6 Å². The van der Waals surface area contributed by atoms with E-state index in [1.807, 2.05) is 63.2 Å². The van der Waals surface area contributed by atoms with Crippen molar-refractivity contribution in [3.05, 3.63) is 66.2 Å². The van der Waals surface area contributed by atoms with Crippen molar-refractivity contribution in [1.29, 1.82) is 0 Å². The summed E-state index contributed by atoms with van der Waals surface area (Å²) in [6, 6.07) is 19.7. The molecule has 2 aromatic carbocycles. The van der Waals surface area contributed by atoms with Gasteiger partial charge in [-0.1, -0.05) is 48.5 Å². The summed E-state index contributed by atoms with van der Waals surface area (Å²) in [5.41, 5.74) is 1.26. The second kappa shape index (κ2) is 13.1. The molecule has 7 heteroatoms. The molecule has 36 heavy (non-hydrogen) atoms. The highest BCUT2D eigenvalue weighted by Crippen LogP contribution is 2.21. The van der Waals surface area contributed by atoms with Gasteiger partial charge in [-0.2, -0.15) is 0 Å². The van der Waals surface area contributed by atoms with Crippen molar-refractivity contribution in [2.24, 2.45) is 5.92 Å². The quantitative estimate of drug-likeness (QED) is 0.539. The maximum absolute atomic E-state index is 13.1. The molecule has 0 aromatic heterocycles. The van der Waals surface area contributed by atoms with E-state index in [0.717, 1.165) is 18.6 Å². The first-order valence-electron chi connectivity index (χ1n) is 13.2. The molecule has 2 heterocycles. The van der Waals surface area contributed by atoms with Gasteiger partial charge in [0.25, 0.3) is 0 Å². The van der Waals surface area contributed by atoms with Crippen molar-refractivity contribution in [2.45, 2.75) is 38.5 Å². The Morgan fingerprint density at radius 3 is 1.92 bits per heavy atom. The molecular formula is C29H37N3O4. The summed E-state index contributed by atoms with van der Waals surface area (Å²) in [6.07, 6.45) is 4.04. The van der Waals surface area contributed by atoms with Crippen molar-refractivity contribution < 1.29 is 19.1 Å². The number of aryl methyl sites for hydroxylation is 1. The number of likely N-dealkylation sites (tertiary alicyclic amines) is 1. The summed E-state index contributed by atoms with van der Waals surface area (Å²) in [5, 5.41) is 0. The van der Waals surface area contributed by atoms with Gasteiger partial charge in [-0.05, 0) is 43.4 Å². The van der Waals surface area contributed by atoms with Gasteiger partial charge in [0.05, 0.1) is 13.0 Å². The Bertz CT molecular complexity index is 903. The lowest BCUT2D eigenvalue weighted by molar-refractivity contribution is -0.144. The van der Waals surface area contributed by atoms with Gasteiger partial charge in [0.15, 0.2) is 0 Å². The van der Waals surface area contributed by atoms with Gasteiger partial charge in [0.2, 0.25) is 17.7 Å². The highest BCUT2D eigenvalue weighted by molar-refractivity contribution is 5.81. The summed E-state index contributed by atoms with van der Waals surface area (Å²) in [7, 11) is 0. The topological polar surface area (TPSA) is 70.2 Å². The predicted octanol–water partition coefficient (Wildman–Crippen LogP) is 3.39. The van der Waals surface area contributed by atoms with E-state index in [2.05, 4.69) is 12.1 Å². The van der Waals surface area contributed by atoms with Gasteiger partial charge in [0.1, 0.15) is 5.75 Å². The molecule has 192 valence electrons. The maximum atomic E-state index is 13.1. The molecule has 0 atom stereocenters. The van der Waals surface area contributed by atoms with E-state index < -0.39 is 0 Å². The van der Waals surface area contributed by atoms with E-state index in [-0.39, 0.29) is 23.6 Å². The van der Waals surface area contributed by atoms with Crippen molar-refractivity contribution in [1.82, 2.24) is 14.7 Å². The molecule has 3 amide bonds. The predicted molar refractivity (Wildman–Crippen MR) is 138 cm³/mol. The van der Waals surface area contributed by atoms with Gasteiger partial charge in [0, 0.05) is 51.6 Å². The number of para-hydroxylation sites is 1. The molecule has 0 radical (unpaired) electrons. The lowest BCUT2D eigenvalue weighted by Crippen LogP contribution is -2.53. The van der Waals surface area contributed by atoms with E-state index in [1.165, 1.54) is 5.56 Å². The molecule has 2 fully saturated rings. The van der Waals surface area contributed by atoms with E-state index >= 15 is 0 Å².